The molecular weight excluding hydrogens is 320 g/mol. The van der Waals surface area contributed by atoms with Crippen LogP contribution in [0.4, 0.5) is 0 Å². The molecule has 3 rings (SSSR count). The molecule has 3 aromatic rings. The first-order valence-corrected chi connectivity index (χ1v) is 7.24. The Kier molecular flexibility index (Phi) is 3.07. The van der Waals surface area contributed by atoms with E-state index in [9.17, 15) is 0 Å². The van der Waals surface area contributed by atoms with Gasteiger partial charge in [0.1, 0.15) is 0 Å². The van der Waals surface area contributed by atoms with E-state index in [2.05, 4.69) is 63.6 Å². The highest BCUT2D eigenvalue weighted by Crippen LogP contribution is 2.24. The molecule has 0 saturated heterocycles. The van der Waals surface area contributed by atoms with E-state index in [-0.39, 0.29) is 0 Å². The summed E-state index contributed by atoms with van der Waals surface area (Å²) >= 11 is 8.93. The van der Waals surface area contributed by atoms with Crippen LogP contribution in [0.2, 0.25) is 0 Å². The molecule has 0 saturated carbocycles. The zero-order valence-electron chi connectivity index (χ0n) is 10.7. The number of nitrogens with zero attached hydrogens (tertiary/aromatic N) is 1. The Labute approximate surface area is 125 Å². The van der Waals surface area contributed by atoms with Gasteiger partial charge >= 0.3 is 0 Å². The number of aromatic amines is 1. The van der Waals surface area contributed by atoms with Crippen LogP contribution < -0.4 is 0 Å². The Balaban J connectivity index is 2.32. The fourth-order valence-corrected chi connectivity index (χ4v) is 2.88. The second kappa shape index (κ2) is 4.62. The number of hydrogen-bond acceptors (Lipinski definition) is 1. The first-order chi connectivity index (χ1) is 9.06. The lowest BCUT2D eigenvalue weighted by molar-refractivity contribution is 1.06. The fourth-order valence-electron chi connectivity index (χ4n) is 2.20. The number of aromatic nitrogens is 2. The van der Waals surface area contributed by atoms with Gasteiger partial charge in [0, 0.05) is 10.2 Å². The van der Waals surface area contributed by atoms with Crippen LogP contribution in [0.5, 0.6) is 0 Å². The van der Waals surface area contributed by atoms with Crippen LogP contribution in [0.3, 0.4) is 0 Å². The van der Waals surface area contributed by atoms with Crippen molar-refractivity contribution in [3.63, 3.8) is 0 Å². The summed E-state index contributed by atoms with van der Waals surface area (Å²) in [6.07, 6.45) is 0. The Hall–Kier alpha value is -1.39. The largest absolute Gasteiger partial charge is 0.330 e. The van der Waals surface area contributed by atoms with E-state index in [1.54, 1.807) is 0 Å². The molecule has 0 atom stereocenters. The number of benzene rings is 2. The van der Waals surface area contributed by atoms with Crippen LogP contribution >= 0.6 is 28.1 Å². The number of halogens is 1. The summed E-state index contributed by atoms with van der Waals surface area (Å²) in [6.45, 7) is 4.23. The highest BCUT2D eigenvalue weighted by Gasteiger charge is 2.07. The van der Waals surface area contributed by atoms with Crippen molar-refractivity contribution in [2.75, 3.05) is 0 Å². The summed E-state index contributed by atoms with van der Waals surface area (Å²) in [5.74, 6) is 0. The molecule has 1 aromatic heterocycles. The maximum absolute atomic E-state index is 5.45. The maximum atomic E-state index is 5.45. The molecule has 96 valence electrons. The molecule has 2 aromatic carbocycles. The molecule has 2 nitrogen and oxygen atoms in total. The molecule has 0 spiro atoms. The topological polar surface area (TPSA) is 20.7 Å². The third kappa shape index (κ3) is 2.15. The van der Waals surface area contributed by atoms with Crippen molar-refractivity contribution in [1.82, 2.24) is 9.55 Å². The second-order valence-electron chi connectivity index (χ2n) is 4.70. The molecule has 1 N–H and O–H groups in total. The zero-order chi connectivity index (χ0) is 13.6. The summed E-state index contributed by atoms with van der Waals surface area (Å²) < 4.78 is 3.84. The third-order valence-electron chi connectivity index (χ3n) is 3.39. The van der Waals surface area contributed by atoms with E-state index in [4.69, 9.17) is 12.2 Å². The Bertz CT molecular complexity index is 830. The van der Waals surface area contributed by atoms with E-state index in [1.165, 1.54) is 11.1 Å². The van der Waals surface area contributed by atoms with Gasteiger partial charge in [-0.3, -0.25) is 4.57 Å². The first kappa shape index (κ1) is 12.6. The van der Waals surface area contributed by atoms with Crippen molar-refractivity contribution in [1.29, 1.82) is 0 Å². The minimum Gasteiger partial charge on any atom is -0.330 e. The third-order valence-corrected chi connectivity index (χ3v) is 4.17. The average Bonchev–Trinajstić information content (AvgIpc) is 2.68. The van der Waals surface area contributed by atoms with Crippen molar-refractivity contribution in [2.24, 2.45) is 0 Å². The van der Waals surface area contributed by atoms with Crippen LogP contribution in [0.25, 0.3) is 16.7 Å². The van der Waals surface area contributed by atoms with Gasteiger partial charge in [-0.25, -0.2) is 0 Å². The van der Waals surface area contributed by atoms with Crippen molar-refractivity contribution < 1.29 is 0 Å². The normalized spacial score (nSPS) is 11.1. The molecule has 0 aliphatic carbocycles. The summed E-state index contributed by atoms with van der Waals surface area (Å²) in [7, 11) is 0. The van der Waals surface area contributed by atoms with Gasteiger partial charge in [-0.1, -0.05) is 22.0 Å². The van der Waals surface area contributed by atoms with E-state index >= 15 is 0 Å². The zero-order valence-corrected chi connectivity index (χ0v) is 13.1. The summed E-state index contributed by atoms with van der Waals surface area (Å²) in [6, 6.07) is 12.5. The molecular formula is C15H13BrN2S. The molecule has 0 bridgehead atoms. The van der Waals surface area contributed by atoms with Crippen LogP contribution in [0.15, 0.2) is 40.9 Å². The van der Waals surface area contributed by atoms with Crippen LogP contribution in [0.1, 0.15) is 11.1 Å². The predicted molar refractivity (Wildman–Crippen MR) is 85.6 cm³/mol. The number of fused-ring (bicyclic) bond motifs is 1. The van der Waals surface area contributed by atoms with E-state index in [0.29, 0.717) is 0 Å². The van der Waals surface area contributed by atoms with Gasteiger partial charge in [0.15, 0.2) is 4.77 Å². The lowest BCUT2D eigenvalue weighted by atomic mass is 10.1. The van der Waals surface area contributed by atoms with Gasteiger partial charge in [-0.15, -0.1) is 0 Å². The summed E-state index contributed by atoms with van der Waals surface area (Å²) in [5.41, 5.74) is 5.79. The van der Waals surface area contributed by atoms with Crippen molar-refractivity contribution in [3.8, 4) is 5.69 Å². The van der Waals surface area contributed by atoms with Crippen LogP contribution in [0, 0.1) is 18.6 Å². The van der Waals surface area contributed by atoms with Gasteiger partial charge < -0.3 is 4.98 Å². The summed E-state index contributed by atoms with van der Waals surface area (Å²) in [5, 5.41) is 0. The highest BCUT2D eigenvalue weighted by molar-refractivity contribution is 9.10. The second-order valence-corrected chi connectivity index (χ2v) is 6.00. The van der Waals surface area contributed by atoms with E-state index < -0.39 is 0 Å². The van der Waals surface area contributed by atoms with Gasteiger partial charge in [0.2, 0.25) is 0 Å². The molecule has 0 aliphatic rings. The number of rotatable bonds is 1. The number of aryl methyl sites for hydroxylation is 2. The van der Waals surface area contributed by atoms with Crippen molar-refractivity contribution in [2.45, 2.75) is 13.8 Å². The molecule has 4 heteroatoms. The first-order valence-electron chi connectivity index (χ1n) is 6.04. The smallest absolute Gasteiger partial charge is 0.182 e. The Morgan fingerprint density at radius 2 is 1.84 bits per heavy atom. The predicted octanol–water partition coefficient (Wildman–Crippen LogP) is 5.07. The minimum absolute atomic E-state index is 0.719. The van der Waals surface area contributed by atoms with E-state index in [0.717, 1.165) is 26.0 Å². The van der Waals surface area contributed by atoms with Crippen molar-refractivity contribution >= 4 is 39.2 Å². The van der Waals surface area contributed by atoms with Gasteiger partial charge in [-0.05, 0) is 67.5 Å². The van der Waals surface area contributed by atoms with Gasteiger partial charge in [0.05, 0.1) is 11.0 Å². The minimum atomic E-state index is 0.719. The quantitative estimate of drug-likeness (QED) is 0.617. The monoisotopic (exact) mass is 332 g/mol. The lowest BCUT2D eigenvalue weighted by Gasteiger charge is -2.07. The summed E-state index contributed by atoms with van der Waals surface area (Å²) in [4.78, 5) is 3.25. The fraction of sp³-hybridized carbons (Fsp3) is 0.133. The molecule has 1 heterocycles. The standard InChI is InChI=1S/C15H13BrN2S/c1-9-3-5-12(7-10(9)2)18-14-6-4-11(16)8-13(14)17-15(18)19/h3-8H,1-2H3,(H,17,19). The van der Waals surface area contributed by atoms with Crippen LogP contribution in [-0.4, -0.2) is 9.55 Å². The number of imidazole rings is 1. The SMILES string of the molecule is Cc1ccc(-n2c(=S)[nH]c3cc(Br)ccc32)cc1C. The molecule has 0 aliphatic heterocycles. The van der Waals surface area contributed by atoms with Gasteiger partial charge in [-0.2, -0.15) is 0 Å². The number of H-pyrrole nitrogens is 1. The average molecular weight is 333 g/mol. The lowest BCUT2D eigenvalue weighted by Crippen LogP contribution is -1.95. The molecule has 0 fully saturated rings. The maximum Gasteiger partial charge on any atom is 0.182 e. The number of nitrogens with one attached hydrogen (secondary N) is 1. The number of hydrogen-bond donors (Lipinski definition) is 1. The molecule has 0 radical (unpaired) electrons. The molecule has 0 amide bonds. The van der Waals surface area contributed by atoms with Crippen molar-refractivity contribution in [3.05, 3.63) is 56.8 Å². The van der Waals surface area contributed by atoms with Crippen LogP contribution in [-0.2, 0) is 0 Å². The Morgan fingerprint density at radius 3 is 2.58 bits per heavy atom. The van der Waals surface area contributed by atoms with E-state index in [1.807, 2.05) is 12.1 Å². The molecule has 19 heavy (non-hydrogen) atoms. The molecule has 0 unspecified atom stereocenters. The highest BCUT2D eigenvalue weighted by atomic mass is 79.9. The van der Waals surface area contributed by atoms with Gasteiger partial charge in [0.25, 0.3) is 0 Å². The Morgan fingerprint density at radius 1 is 1.05 bits per heavy atom.